The van der Waals surface area contributed by atoms with E-state index >= 15 is 0 Å². The normalized spacial score (nSPS) is 19.1. The molecule has 3 aromatic rings. The van der Waals surface area contributed by atoms with Gasteiger partial charge in [-0.3, -0.25) is 4.98 Å². The molecule has 0 bridgehead atoms. The number of benzene rings is 1. The monoisotopic (exact) mass is 448 g/mol. The van der Waals surface area contributed by atoms with Gasteiger partial charge >= 0.3 is 0 Å². The second kappa shape index (κ2) is 7.56. The van der Waals surface area contributed by atoms with Crippen LogP contribution < -0.4 is 15.0 Å². The van der Waals surface area contributed by atoms with Crippen LogP contribution in [-0.4, -0.2) is 34.1 Å². The number of ether oxygens (including phenoxy) is 1. The van der Waals surface area contributed by atoms with Gasteiger partial charge in [-0.25, -0.2) is 0 Å². The summed E-state index contributed by atoms with van der Waals surface area (Å²) in [6.07, 6.45) is 4.04. The summed E-state index contributed by atoms with van der Waals surface area (Å²) in [5, 5.41) is 4.82. The largest absolute Gasteiger partial charge is 0.472 e. The standard InChI is InChI=1S/C26H32N4OS/c1-16-11-18(9-10-27-16)17-7-8-21-19(12-17)15-31-23-22(21)32-24(28-23)30(6)20-13-25(2,3)29-26(4,5)14-20/h7-12,20,29H,13-15H2,1-6H3. The lowest BCUT2D eigenvalue weighted by molar-refractivity contribution is 0.161. The minimum atomic E-state index is 0.0996. The fourth-order valence-electron chi connectivity index (χ4n) is 5.40. The Kier molecular flexibility index (Phi) is 5.06. The number of anilines is 1. The zero-order valence-electron chi connectivity index (χ0n) is 19.8. The van der Waals surface area contributed by atoms with Crippen molar-refractivity contribution in [1.29, 1.82) is 0 Å². The summed E-state index contributed by atoms with van der Waals surface area (Å²) in [7, 11) is 2.18. The van der Waals surface area contributed by atoms with E-state index in [1.807, 2.05) is 13.1 Å². The highest BCUT2D eigenvalue weighted by Crippen LogP contribution is 2.46. The molecule has 32 heavy (non-hydrogen) atoms. The number of aromatic nitrogens is 2. The Bertz CT molecular complexity index is 1150. The minimum Gasteiger partial charge on any atom is -0.472 e. The first kappa shape index (κ1) is 21.4. The molecular formula is C26H32N4OS. The van der Waals surface area contributed by atoms with Gasteiger partial charge in [0.15, 0.2) is 5.13 Å². The van der Waals surface area contributed by atoms with Gasteiger partial charge in [-0.2, -0.15) is 4.98 Å². The highest BCUT2D eigenvalue weighted by atomic mass is 32.1. The summed E-state index contributed by atoms with van der Waals surface area (Å²) in [4.78, 5) is 12.7. The van der Waals surface area contributed by atoms with Crippen LogP contribution in [0, 0.1) is 6.92 Å². The first-order valence-corrected chi connectivity index (χ1v) is 12.1. The predicted octanol–water partition coefficient (Wildman–Crippen LogP) is 5.82. The van der Waals surface area contributed by atoms with Gasteiger partial charge in [0.05, 0.1) is 0 Å². The first-order valence-electron chi connectivity index (χ1n) is 11.3. The Morgan fingerprint density at radius 2 is 1.78 bits per heavy atom. The van der Waals surface area contributed by atoms with Crippen LogP contribution in [0.1, 0.15) is 51.8 Å². The van der Waals surface area contributed by atoms with Gasteiger partial charge < -0.3 is 15.0 Å². The molecule has 0 unspecified atom stereocenters. The topological polar surface area (TPSA) is 50.3 Å². The molecule has 2 aliphatic rings. The molecule has 1 aromatic carbocycles. The van der Waals surface area contributed by atoms with Crippen LogP contribution in [0.2, 0.25) is 0 Å². The van der Waals surface area contributed by atoms with Gasteiger partial charge in [0, 0.05) is 41.6 Å². The van der Waals surface area contributed by atoms with Crippen molar-refractivity contribution in [3.05, 3.63) is 47.8 Å². The number of aryl methyl sites for hydroxylation is 1. The Balaban J connectivity index is 1.45. The van der Waals surface area contributed by atoms with E-state index in [0.717, 1.165) is 34.4 Å². The molecule has 1 N–H and O–H groups in total. The Labute approximate surface area is 194 Å². The molecule has 0 saturated carbocycles. The van der Waals surface area contributed by atoms with Crippen LogP contribution >= 0.6 is 11.3 Å². The third-order valence-corrected chi connectivity index (χ3v) is 7.71. The highest BCUT2D eigenvalue weighted by Gasteiger charge is 2.40. The molecule has 4 heterocycles. The van der Waals surface area contributed by atoms with Crippen LogP contribution in [0.15, 0.2) is 36.5 Å². The van der Waals surface area contributed by atoms with Gasteiger partial charge in [0.2, 0.25) is 5.88 Å². The highest BCUT2D eigenvalue weighted by molar-refractivity contribution is 7.19. The van der Waals surface area contributed by atoms with Crippen molar-refractivity contribution in [2.24, 2.45) is 0 Å². The van der Waals surface area contributed by atoms with Crippen molar-refractivity contribution < 1.29 is 4.74 Å². The van der Waals surface area contributed by atoms with Crippen molar-refractivity contribution in [1.82, 2.24) is 15.3 Å². The molecule has 1 saturated heterocycles. The Morgan fingerprint density at radius 1 is 1.06 bits per heavy atom. The number of fused-ring (bicyclic) bond motifs is 3. The van der Waals surface area contributed by atoms with Crippen molar-refractivity contribution in [3.63, 3.8) is 0 Å². The quantitative estimate of drug-likeness (QED) is 0.547. The second-order valence-electron chi connectivity index (χ2n) is 10.5. The lowest BCUT2D eigenvalue weighted by atomic mass is 9.79. The molecule has 0 atom stereocenters. The van der Waals surface area contributed by atoms with Crippen LogP contribution in [-0.2, 0) is 6.61 Å². The molecule has 168 valence electrons. The molecule has 5 rings (SSSR count). The number of hydrogen-bond donors (Lipinski definition) is 1. The van der Waals surface area contributed by atoms with Gasteiger partial charge in [-0.05, 0) is 82.3 Å². The van der Waals surface area contributed by atoms with E-state index in [4.69, 9.17) is 9.72 Å². The molecule has 6 heteroatoms. The Hall–Kier alpha value is -2.44. The number of thiazole rings is 1. The van der Waals surface area contributed by atoms with Crippen molar-refractivity contribution in [2.75, 3.05) is 11.9 Å². The zero-order valence-corrected chi connectivity index (χ0v) is 20.6. The van der Waals surface area contributed by atoms with Gasteiger partial charge in [0.25, 0.3) is 0 Å². The van der Waals surface area contributed by atoms with Crippen LogP contribution in [0.3, 0.4) is 0 Å². The molecule has 2 aliphatic heterocycles. The summed E-state index contributed by atoms with van der Waals surface area (Å²) in [6, 6.07) is 11.3. The fourth-order valence-corrected chi connectivity index (χ4v) is 6.50. The molecular weight excluding hydrogens is 416 g/mol. The molecule has 0 amide bonds. The van der Waals surface area contributed by atoms with E-state index in [1.165, 1.54) is 22.3 Å². The van der Waals surface area contributed by atoms with E-state index < -0.39 is 0 Å². The maximum atomic E-state index is 6.11. The van der Waals surface area contributed by atoms with Crippen molar-refractivity contribution in [2.45, 2.75) is 71.2 Å². The lowest BCUT2D eigenvalue weighted by Crippen LogP contribution is -2.61. The van der Waals surface area contributed by atoms with E-state index in [2.05, 4.69) is 80.3 Å². The van der Waals surface area contributed by atoms with E-state index in [9.17, 15) is 0 Å². The first-order chi connectivity index (χ1) is 15.1. The molecule has 1 fully saturated rings. The third-order valence-electron chi connectivity index (χ3n) is 6.55. The SMILES string of the molecule is Cc1cc(-c2ccc3c(c2)COc2nc(N(C)C4CC(C)(C)NC(C)(C)C4)sc2-3)ccn1. The van der Waals surface area contributed by atoms with Crippen LogP contribution in [0.5, 0.6) is 5.88 Å². The fraction of sp³-hybridized carbons (Fsp3) is 0.462. The average Bonchev–Trinajstić information content (AvgIpc) is 3.15. The molecule has 0 aliphatic carbocycles. The zero-order chi connectivity index (χ0) is 22.7. The molecule has 5 nitrogen and oxygen atoms in total. The molecule has 0 radical (unpaired) electrons. The lowest BCUT2D eigenvalue weighted by Gasteiger charge is -2.48. The number of nitrogens with zero attached hydrogens (tertiary/aromatic N) is 3. The number of rotatable bonds is 3. The van der Waals surface area contributed by atoms with E-state index in [-0.39, 0.29) is 11.1 Å². The number of hydrogen-bond acceptors (Lipinski definition) is 6. The Morgan fingerprint density at radius 3 is 2.50 bits per heavy atom. The van der Waals surface area contributed by atoms with Crippen molar-refractivity contribution in [3.8, 4) is 27.4 Å². The van der Waals surface area contributed by atoms with Gasteiger partial charge in [-0.15, -0.1) is 0 Å². The summed E-state index contributed by atoms with van der Waals surface area (Å²) < 4.78 is 6.11. The second-order valence-corrected chi connectivity index (χ2v) is 11.5. The summed E-state index contributed by atoms with van der Waals surface area (Å²) in [5.41, 5.74) is 6.06. The number of nitrogens with one attached hydrogen (secondary N) is 1. The summed E-state index contributed by atoms with van der Waals surface area (Å²) in [5.74, 6) is 0.768. The average molecular weight is 449 g/mol. The molecule has 0 spiro atoms. The van der Waals surface area contributed by atoms with Gasteiger partial charge in [-0.1, -0.05) is 23.5 Å². The van der Waals surface area contributed by atoms with E-state index in [1.54, 1.807) is 11.3 Å². The minimum absolute atomic E-state index is 0.0996. The van der Waals surface area contributed by atoms with Crippen LogP contribution in [0.4, 0.5) is 5.13 Å². The van der Waals surface area contributed by atoms with Crippen molar-refractivity contribution >= 4 is 16.5 Å². The molecule has 2 aromatic heterocycles. The summed E-state index contributed by atoms with van der Waals surface area (Å²) >= 11 is 1.74. The predicted molar refractivity (Wildman–Crippen MR) is 133 cm³/mol. The third kappa shape index (κ3) is 4.02. The smallest absolute Gasteiger partial charge is 0.234 e. The van der Waals surface area contributed by atoms with Crippen LogP contribution in [0.25, 0.3) is 21.6 Å². The van der Waals surface area contributed by atoms with E-state index in [0.29, 0.717) is 12.6 Å². The number of pyridine rings is 1. The number of piperidine rings is 1. The maximum absolute atomic E-state index is 6.11. The maximum Gasteiger partial charge on any atom is 0.234 e. The summed E-state index contributed by atoms with van der Waals surface area (Å²) in [6.45, 7) is 11.8. The van der Waals surface area contributed by atoms with Gasteiger partial charge in [0.1, 0.15) is 11.5 Å².